The fraction of sp³-hybridized carbons (Fsp3) is 0.385. The van der Waals surface area contributed by atoms with E-state index in [1.54, 1.807) is 6.33 Å². The van der Waals surface area contributed by atoms with E-state index < -0.39 is 0 Å². The van der Waals surface area contributed by atoms with Gasteiger partial charge in [-0.3, -0.25) is 0 Å². The van der Waals surface area contributed by atoms with Gasteiger partial charge in [0.15, 0.2) is 0 Å². The van der Waals surface area contributed by atoms with Crippen molar-refractivity contribution in [1.29, 1.82) is 0 Å². The van der Waals surface area contributed by atoms with E-state index in [1.165, 1.54) is 0 Å². The average molecular weight is 344 g/mol. The lowest BCUT2D eigenvalue weighted by Gasteiger charge is -2.15. The summed E-state index contributed by atoms with van der Waals surface area (Å²) in [6.45, 7) is 4.14. The first-order valence-electron chi connectivity index (χ1n) is 6.07. The highest BCUT2D eigenvalue weighted by atomic mass is 79.9. The van der Waals surface area contributed by atoms with Crippen LogP contribution in [0.25, 0.3) is 0 Å². The molecule has 2 rings (SSSR count). The summed E-state index contributed by atoms with van der Waals surface area (Å²) in [6.07, 6.45) is 2.20. The van der Waals surface area contributed by atoms with Crippen molar-refractivity contribution in [3.8, 4) is 0 Å². The van der Waals surface area contributed by atoms with Gasteiger partial charge < -0.3 is 5.73 Å². The molecule has 6 heteroatoms. The minimum Gasteiger partial charge on any atom is -0.324 e. The highest BCUT2D eigenvalue weighted by molar-refractivity contribution is 9.10. The van der Waals surface area contributed by atoms with Crippen LogP contribution in [0.5, 0.6) is 0 Å². The Labute approximate surface area is 126 Å². The predicted octanol–water partition coefficient (Wildman–Crippen LogP) is 3.52. The van der Waals surface area contributed by atoms with Crippen molar-refractivity contribution in [3.05, 3.63) is 45.4 Å². The van der Waals surface area contributed by atoms with E-state index in [0.717, 1.165) is 15.9 Å². The first kappa shape index (κ1) is 14.5. The summed E-state index contributed by atoms with van der Waals surface area (Å²) >= 11 is 9.46. The summed E-state index contributed by atoms with van der Waals surface area (Å²) in [4.78, 5) is 4.27. The SMILES string of the molecule is CC(C)n1ncnc1CC(N)c1cc(Cl)cc(Br)c1. The first-order chi connectivity index (χ1) is 8.97. The van der Waals surface area contributed by atoms with Crippen LogP contribution in [0, 0.1) is 0 Å². The topological polar surface area (TPSA) is 56.7 Å². The molecule has 2 N–H and O–H groups in total. The van der Waals surface area contributed by atoms with Crippen LogP contribution in [0.3, 0.4) is 0 Å². The molecule has 0 aliphatic rings. The standard InChI is InChI=1S/C13H16BrClN4/c1-8(2)19-13(17-7-18-19)6-12(16)9-3-10(14)5-11(15)4-9/h3-5,7-8,12H,6,16H2,1-2H3. The lowest BCUT2D eigenvalue weighted by atomic mass is 10.0. The number of aromatic nitrogens is 3. The molecule has 1 aromatic carbocycles. The van der Waals surface area contributed by atoms with Crippen LogP contribution in [0.1, 0.15) is 37.3 Å². The van der Waals surface area contributed by atoms with E-state index in [4.69, 9.17) is 17.3 Å². The second-order valence-corrected chi connectivity index (χ2v) is 6.08. The van der Waals surface area contributed by atoms with Gasteiger partial charge in [-0.15, -0.1) is 0 Å². The zero-order valence-electron chi connectivity index (χ0n) is 10.8. The number of hydrogen-bond donors (Lipinski definition) is 1. The molecule has 19 heavy (non-hydrogen) atoms. The van der Waals surface area contributed by atoms with E-state index >= 15 is 0 Å². The van der Waals surface area contributed by atoms with Gasteiger partial charge in [0.1, 0.15) is 12.2 Å². The summed E-state index contributed by atoms with van der Waals surface area (Å²) in [7, 11) is 0. The monoisotopic (exact) mass is 342 g/mol. The van der Waals surface area contributed by atoms with Gasteiger partial charge in [0.05, 0.1) is 0 Å². The average Bonchev–Trinajstić information content (AvgIpc) is 2.75. The van der Waals surface area contributed by atoms with E-state index in [-0.39, 0.29) is 12.1 Å². The van der Waals surface area contributed by atoms with Gasteiger partial charge in [-0.05, 0) is 37.6 Å². The molecule has 0 fully saturated rings. The van der Waals surface area contributed by atoms with Gasteiger partial charge in [0, 0.05) is 28.0 Å². The molecule has 0 saturated carbocycles. The van der Waals surface area contributed by atoms with Crippen LogP contribution in [0.2, 0.25) is 5.02 Å². The van der Waals surface area contributed by atoms with Crippen LogP contribution in [0.4, 0.5) is 0 Å². The van der Waals surface area contributed by atoms with Gasteiger partial charge >= 0.3 is 0 Å². The zero-order chi connectivity index (χ0) is 14.0. The molecule has 0 aliphatic carbocycles. The Bertz CT molecular complexity index is 547. The minimum atomic E-state index is -0.156. The smallest absolute Gasteiger partial charge is 0.138 e. The summed E-state index contributed by atoms with van der Waals surface area (Å²) in [5, 5.41) is 4.88. The van der Waals surface area contributed by atoms with Gasteiger partial charge in [-0.1, -0.05) is 27.5 Å². The van der Waals surface area contributed by atoms with Crippen molar-refractivity contribution in [2.75, 3.05) is 0 Å². The number of rotatable bonds is 4. The third-order valence-electron chi connectivity index (χ3n) is 2.85. The molecule has 0 bridgehead atoms. The number of nitrogens with zero attached hydrogens (tertiary/aromatic N) is 3. The molecule has 1 aromatic heterocycles. The summed E-state index contributed by atoms with van der Waals surface area (Å²) in [5.41, 5.74) is 7.22. The Hall–Kier alpha value is -0.910. The largest absolute Gasteiger partial charge is 0.324 e. The molecule has 0 saturated heterocycles. The molecule has 0 aliphatic heterocycles. The number of halogens is 2. The molecular formula is C13H16BrClN4. The minimum absolute atomic E-state index is 0.156. The molecule has 0 amide bonds. The summed E-state index contributed by atoms with van der Waals surface area (Å²) in [5.74, 6) is 0.888. The second-order valence-electron chi connectivity index (χ2n) is 4.73. The van der Waals surface area contributed by atoms with Crippen molar-refractivity contribution < 1.29 is 0 Å². The van der Waals surface area contributed by atoms with Crippen LogP contribution in [0.15, 0.2) is 29.0 Å². The lowest BCUT2D eigenvalue weighted by Crippen LogP contribution is -2.18. The number of benzene rings is 1. The van der Waals surface area contributed by atoms with Gasteiger partial charge in [-0.25, -0.2) is 9.67 Å². The van der Waals surface area contributed by atoms with Crippen LogP contribution >= 0.6 is 27.5 Å². The Morgan fingerprint density at radius 1 is 1.37 bits per heavy atom. The van der Waals surface area contributed by atoms with Gasteiger partial charge in [0.2, 0.25) is 0 Å². The molecule has 1 heterocycles. The Morgan fingerprint density at radius 3 is 2.74 bits per heavy atom. The third-order valence-corrected chi connectivity index (χ3v) is 3.53. The molecular weight excluding hydrogens is 328 g/mol. The third kappa shape index (κ3) is 3.55. The van der Waals surface area contributed by atoms with Crippen molar-refractivity contribution >= 4 is 27.5 Å². The number of hydrogen-bond acceptors (Lipinski definition) is 3. The van der Waals surface area contributed by atoms with E-state index in [2.05, 4.69) is 39.9 Å². The van der Waals surface area contributed by atoms with Crippen molar-refractivity contribution in [3.63, 3.8) is 0 Å². The Morgan fingerprint density at radius 2 is 2.11 bits per heavy atom. The van der Waals surface area contributed by atoms with E-state index in [0.29, 0.717) is 11.4 Å². The molecule has 0 radical (unpaired) electrons. The highest BCUT2D eigenvalue weighted by Gasteiger charge is 2.14. The molecule has 102 valence electrons. The summed E-state index contributed by atoms with van der Waals surface area (Å²) < 4.78 is 2.81. The van der Waals surface area contributed by atoms with E-state index in [9.17, 15) is 0 Å². The predicted molar refractivity (Wildman–Crippen MR) is 80.2 cm³/mol. The van der Waals surface area contributed by atoms with Gasteiger partial charge in [0.25, 0.3) is 0 Å². The molecule has 2 aromatic rings. The maximum absolute atomic E-state index is 6.23. The fourth-order valence-corrected chi connectivity index (χ4v) is 2.84. The van der Waals surface area contributed by atoms with Crippen molar-refractivity contribution in [2.24, 2.45) is 5.73 Å². The summed E-state index contributed by atoms with van der Waals surface area (Å²) in [6, 6.07) is 5.82. The molecule has 0 spiro atoms. The van der Waals surface area contributed by atoms with E-state index in [1.807, 2.05) is 22.9 Å². The first-order valence-corrected chi connectivity index (χ1v) is 7.24. The quantitative estimate of drug-likeness (QED) is 0.924. The highest BCUT2D eigenvalue weighted by Crippen LogP contribution is 2.24. The fourth-order valence-electron chi connectivity index (χ4n) is 1.96. The maximum atomic E-state index is 6.23. The van der Waals surface area contributed by atoms with Crippen molar-refractivity contribution in [2.45, 2.75) is 32.4 Å². The van der Waals surface area contributed by atoms with Crippen LogP contribution in [-0.2, 0) is 6.42 Å². The van der Waals surface area contributed by atoms with Crippen LogP contribution in [-0.4, -0.2) is 14.8 Å². The number of nitrogens with two attached hydrogens (primary N) is 1. The molecule has 4 nitrogen and oxygen atoms in total. The van der Waals surface area contributed by atoms with Crippen molar-refractivity contribution in [1.82, 2.24) is 14.8 Å². The zero-order valence-corrected chi connectivity index (χ0v) is 13.2. The Kier molecular flexibility index (Phi) is 4.60. The molecule has 1 unspecified atom stereocenters. The molecule has 1 atom stereocenters. The normalized spacial score (nSPS) is 12.9. The van der Waals surface area contributed by atoms with Crippen LogP contribution < -0.4 is 5.73 Å². The second kappa shape index (κ2) is 6.03. The lowest BCUT2D eigenvalue weighted by molar-refractivity contribution is 0.493. The Balaban J connectivity index is 2.20. The maximum Gasteiger partial charge on any atom is 0.138 e. The van der Waals surface area contributed by atoms with Gasteiger partial charge in [-0.2, -0.15) is 5.10 Å².